The molecule has 3 amide bonds. The fourth-order valence-electron chi connectivity index (χ4n) is 4.90. The van der Waals surface area contributed by atoms with Crippen molar-refractivity contribution in [2.75, 3.05) is 11.4 Å². The van der Waals surface area contributed by atoms with E-state index in [4.69, 9.17) is 5.73 Å². The van der Waals surface area contributed by atoms with E-state index in [1.807, 2.05) is 6.07 Å². The molecule has 208 valence electrons. The normalized spacial score (nSPS) is 17.8. The Labute approximate surface area is 232 Å². The number of β-lactam (4-membered cyclic amide) rings is 1. The highest BCUT2D eigenvalue weighted by Crippen LogP contribution is 2.40. The summed E-state index contributed by atoms with van der Waals surface area (Å²) in [7, 11) is 0. The summed E-state index contributed by atoms with van der Waals surface area (Å²) in [5.74, 6) is -2.67. The summed E-state index contributed by atoms with van der Waals surface area (Å²) in [6, 6.07) is 15.8. The molecule has 4 atom stereocenters. The predicted molar refractivity (Wildman–Crippen MR) is 147 cm³/mol. The van der Waals surface area contributed by atoms with Crippen LogP contribution in [0.4, 0.5) is 10.1 Å². The lowest BCUT2D eigenvalue weighted by Gasteiger charge is -2.48. The summed E-state index contributed by atoms with van der Waals surface area (Å²) >= 11 is 0. The maximum absolute atomic E-state index is 13.4. The van der Waals surface area contributed by atoms with Crippen LogP contribution in [0.25, 0.3) is 0 Å². The fourth-order valence-corrected chi connectivity index (χ4v) is 4.90. The van der Waals surface area contributed by atoms with Gasteiger partial charge in [-0.25, -0.2) is 4.39 Å². The standard InChI is InChI=1S/C30H32FN5O4/c1-19(2)26(35-27(38)20-7-6-14-33-16-20)28(39)34-23(18-37)15-30(32,21-8-4-3-5-9-21)25-17-36(29(25)40)24-12-10-22(31)11-13-24/h3-14,16,18-19,23,25-26H,15,17,32H2,1-2H3,(H,34,39)(H,35,38)/t23?,25?,26-,30+/m0/s1. The van der Waals surface area contributed by atoms with Crippen molar-refractivity contribution in [1.82, 2.24) is 15.6 Å². The lowest BCUT2D eigenvalue weighted by Crippen LogP contribution is -2.66. The van der Waals surface area contributed by atoms with Gasteiger partial charge in [0.2, 0.25) is 11.8 Å². The first-order chi connectivity index (χ1) is 19.1. The minimum Gasteiger partial charge on any atom is -0.345 e. The summed E-state index contributed by atoms with van der Waals surface area (Å²) in [5, 5.41) is 5.42. The predicted octanol–water partition coefficient (Wildman–Crippen LogP) is 2.57. The van der Waals surface area contributed by atoms with Gasteiger partial charge in [-0.1, -0.05) is 44.2 Å². The molecule has 1 aliphatic heterocycles. The number of benzene rings is 2. The maximum Gasteiger partial charge on any atom is 0.253 e. The zero-order valence-electron chi connectivity index (χ0n) is 22.3. The highest BCUT2D eigenvalue weighted by Gasteiger charge is 2.51. The minimum absolute atomic E-state index is 0.0543. The van der Waals surface area contributed by atoms with Crippen molar-refractivity contribution < 1.29 is 23.6 Å². The molecular weight excluding hydrogens is 513 g/mol. The summed E-state index contributed by atoms with van der Waals surface area (Å²) in [5.41, 5.74) is 7.12. The molecule has 9 nitrogen and oxygen atoms in total. The van der Waals surface area contributed by atoms with Crippen molar-refractivity contribution in [2.24, 2.45) is 17.6 Å². The van der Waals surface area contributed by atoms with Crippen molar-refractivity contribution in [3.8, 4) is 0 Å². The Kier molecular flexibility index (Phi) is 8.69. The molecular formula is C30H32FN5O4. The summed E-state index contributed by atoms with van der Waals surface area (Å²) < 4.78 is 13.4. The third kappa shape index (κ3) is 6.07. The Balaban J connectivity index is 1.52. The second kappa shape index (κ2) is 12.2. The van der Waals surface area contributed by atoms with Crippen molar-refractivity contribution in [2.45, 2.75) is 37.9 Å². The van der Waals surface area contributed by atoms with E-state index in [9.17, 15) is 23.6 Å². The number of halogens is 1. The first kappa shape index (κ1) is 28.6. The van der Waals surface area contributed by atoms with E-state index in [1.54, 1.807) is 50.2 Å². The van der Waals surface area contributed by atoms with Gasteiger partial charge in [0.15, 0.2) is 0 Å². The molecule has 0 aliphatic carbocycles. The highest BCUT2D eigenvalue weighted by atomic mass is 19.1. The van der Waals surface area contributed by atoms with Crippen LogP contribution in [0.2, 0.25) is 0 Å². The molecule has 40 heavy (non-hydrogen) atoms. The van der Waals surface area contributed by atoms with Crippen LogP contribution in [-0.2, 0) is 19.9 Å². The number of nitrogens with one attached hydrogen (secondary N) is 2. The Bertz CT molecular complexity index is 1350. The third-order valence-corrected chi connectivity index (χ3v) is 7.21. The van der Waals surface area contributed by atoms with Crippen LogP contribution in [0.3, 0.4) is 0 Å². The number of pyridine rings is 1. The Morgan fingerprint density at radius 3 is 2.38 bits per heavy atom. The average molecular weight is 546 g/mol. The van der Waals surface area contributed by atoms with Crippen LogP contribution < -0.4 is 21.3 Å². The number of amides is 3. The molecule has 2 unspecified atom stereocenters. The second-order valence-corrected chi connectivity index (χ2v) is 10.3. The van der Waals surface area contributed by atoms with Crippen molar-refractivity contribution >= 4 is 29.7 Å². The van der Waals surface area contributed by atoms with Gasteiger partial charge in [0, 0.05) is 24.6 Å². The van der Waals surface area contributed by atoms with E-state index in [0.717, 1.165) is 0 Å². The van der Waals surface area contributed by atoms with Crippen LogP contribution >= 0.6 is 0 Å². The second-order valence-electron chi connectivity index (χ2n) is 10.3. The Morgan fingerprint density at radius 1 is 1.10 bits per heavy atom. The largest absolute Gasteiger partial charge is 0.345 e. The number of hydrogen-bond donors (Lipinski definition) is 3. The van der Waals surface area contributed by atoms with Crippen molar-refractivity contribution in [3.63, 3.8) is 0 Å². The van der Waals surface area contributed by atoms with E-state index in [0.29, 0.717) is 23.1 Å². The maximum atomic E-state index is 13.4. The zero-order chi connectivity index (χ0) is 28.9. The molecule has 0 bridgehead atoms. The van der Waals surface area contributed by atoms with Gasteiger partial charge in [-0.3, -0.25) is 19.4 Å². The summed E-state index contributed by atoms with van der Waals surface area (Å²) in [6.07, 6.45) is 3.47. The molecule has 4 rings (SSSR count). The monoisotopic (exact) mass is 545 g/mol. The van der Waals surface area contributed by atoms with Crippen molar-refractivity contribution in [3.05, 3.63) is 96.1 Å². The number of carbonyl (C=O) groups excluding carboxylic acids is 4. The molecule has 10 heteroatoms. The molecule has 1 aromatic heterocycles. The minimum atomic E-state index is -1.29. The number of carbonyl (C=O) groups is 4. The van der Waals surface area contributed by atoms with Crippen LogP contribution in [0, 0.1) is 17.7 Å². The van der Waals surface area contributed by atoms with Gasteiger partial charge >= 0.3 is 0 Å². The fraction of sp³-hybridized carbons (Fsp3) is 0.300. The van der Waals surface area contributed by atoms with Crippen LogP contribution in [-0.4, -0.2) is 47.6 Å². The average Bonchev–Trinajstić information content (AvgIpc) is 2.96. The number of aldehydes is 1. The van der Waals surface area contributed by atoms with Crippen LogP contribution in [0.5, 0.6) is 0 Å². The number of nitrogens with zero attached hydrogens (tertiary/aromatic N) is 2. The molecule has 3 aromatic rings. The lowest BCUT2D eigenvalue weighted by molar-refractivity contribution is -0.131. The number of nitrogens with two attached hydrogens (primary N) is 1. The number of aromatic nitrogens is 1. The summed E-state index contributed by atoms with van der Waals surface area (Å²) in [6.45, 7) is 3.81. The van der Waals surface area contributed by atoms with Crippen LogP contribution in [0.1, 0.15) is 36.2 Å². The molecule has 0 spiro atoms. The number of rotatable bonds is 11. The Hall–Kier alpha value is -4.44. The highest BCUT2D eigenvalue weighted by molar-refractivity contribution is 6.02. The summed E-state index contributed by atoms with van der Waals surface area (Å²) in [4.78, 5) is 57.0. The Morgan fingerprint density at radius 2 is 1.80 bits per heavy atom. The van der Waals surface area contributed by atoms with E-state index < -0.39 is 41.2 Å². The van der Waals surface area contributed by atoms with Gasteiger partial charge in [0.25, 0.3) is 5.91 Å². The molecule has 1 aliphatic rings. The SMILES string of the molecule is CC(C)[C@H](NC(=O)c1cccnc1)C(=O)NC(C=O)C[C@@](N)(c1ccccc1)C1CN(c2ccc(F)cc2)C1=O. The first-order valence-corrected chi connectivity index (χ1v) is 13.0. The van der Waals surface area contributed by atoms with Crippen molar-refractivity contribution in [1.29, 1.82) is 0 Å². The molecule has 0 radical (unpaired) electrons. The van der Waals surface area contributed by atoms with E-state index >= 15 is 0 Å². The molecule has 1 saturated heterocycles. The van der Waals surface area contributed by atoms with E-state index in [1.165, 1.54) is 41.6 Å². The van der Waals surface area contributed by atoms with Gasteiger partial charge in [0.05, 0.1) is 23.1 Å². The topological polar surface area (TPSA) is 134 Å². The molecule has 2 aromatic carbocycles. The van der Waals surface area contributed by atoms with Gasteiger partial charge in [-0.15, -0.1) is 0 Å². The number of anilines is 1. The smallest absolute Gasteiger partial charge is 0.253 e. The van der Waals surface area contributed by atoms with Gasteiger partial charge in [-0.2, -0.15) is 0 Å². The van der Waals surface area contributed by atoms with Crippen LogP contribution in [0.15, 0.2) is 79.1 Å². The molecule has 0 saturated carbocycles. The van der Waals surface area contributed by atoms with E-state index in [2.05, 4.69) is 15.6 Å². The van der Waals surface area contributed by atoms with E-state index in [-0.39, 0.29) is 24.8 Å². The quantitative estimate of drug-likeness (QED) is 0.250. The zero-order valence-corrected chi connectivity index (χ0v) is 22.3. The van der Waals surface area contributed by atoms with Gasteiger partial charge in [0.1, 0.15) is 18.1 Å². The molecule has 1 fully saturated rings. The molecule has 2 heterocycles. The molecule has 4 N–H and O–H groups in total. The van der Waals surface area contributed by atoms with Gasteiger partial charge < -0.3 is 26.1 Å². The lowest BCUT2D eigenvalue weighted by atomic mass is 9.70. The number of hydrogen-bond acceptors (Lipinski definition) is 6. The first-order valence-electron chi connectivity index (χ1n) is 13.0. The third-order valence-electron chi connectivity index (χ3n) is 7.21. The van der Waals surface area contributed by atoms with Gasteiger partial charge in [-0.05, 0) is 54.3 Å².